The van der Waals surface area contributed by atoms with Crippen molar-refractivity contribution in [2.75, 3.05) is 27.2 Å². The van der Waals surface area contributed by atoms with Gasteiger partial charge in [0.1, 0.15) is 0 Å². The molecule has 1 heterocycles. The Labute approximate surface area is 120 Å². The highest BCUT2D eigenvalue weighted by molar-refractivity contribution is 5.87. The molecule has 0 bridgehead atoms. The number of hydrogen-bond donors (Lipinski definition) is 1. The molecule has 1 aromatic heterocycles. The number of esters is 1. The highest BCUT2D eigenvalue weighted by Gasteiger charge is 2.19. The third kappa shape index (κ3) is 3.84. The Morgan fingerprint density at radius 2 is 2.25 bits per heavy atom. The summed E-state index contributed by atoms with van der Waals surface area (Å²) in [6.45, 7) is 2.55. The van der Waals surface area contributed by atoms with Crippen LogP contribution in [0.2, 0.25) is 0 Å². The number of hydrogen-bond acceptors (Lipinski definition) is 5. The molecule has 0 spiro atoms. The van der Waals surface area contributed by atoms with Gasteiger partial charge in [-0.15, -0.1) is 0 Å². The normalized spacial score (nSPS) is 15.9. The summed E-state index contributed by atoms with van der Waals surface area (Å²) >= 11 is 0. The number of furan rings is 1. The molecular formula is C15H24N2O3. The molecule has 0 aromatic carbocycles. The zero-order valence-electron chi connectivity index (χ0n) is 12.4. The fourth-order valence-electron chi connectivity index (χ4n) is 2.75. The molecule has 1 aliphatic carbocycles. The SMILES string of the molecule is COC(=O)c1occc1CNCCN(C)C1CCCC1. The van der Waals surface area contributed by atoms with E-state index < -0.39 is 5.97 Å². The predicted molar refractivity (Wildman–Crippen MR) is 76.6 cm³/mol. The van der Waals surface area contributed by atoms with Crippen molar-refractivity contribution < 1.29 is 13.9 Å². The zero-order valence-corrected chi connectivity index (χ0v) is 12.4. The highest BCUT2D eigenvalue weighted by Crippen LogP contribution is 2.21. The van der Waals surface area contributed by atoms with Gasteiger partial charge in [0.15, 0.2) is 0 Å². The van der Waals surface area contributed by atoms with E-state index in [2.05, 4.69) is 22.0 Å². The molecule has 5 nitrogen and oxygen atoms in total. The van der Waals surface area contributed by atoms with Crippen molar-refractivity contribution in [3.8, 4) is 0 Å². The largest absolute Gasteiger partial charge is 0.463 e. The monoisotopic (exact) mass is 280 g/mol. The second kappa shape index (κ2) is 7.45. The van der Waals surface area contributed by atoms with Crippen molar-refractivity contribution in [2.24, 2.45) is 0 Å². The first-order valence-electron chi connectivity index (χ1n) is 7.28. The molecular weight excluding hydrogens is 256 g/mol. The van der Waals surface area contributed by atoms with Crippen LogP contribution in [0.15, 0.2) is 16.7 Å². The average Bonchev–Trinajstić information content (AvgIpc) is 3.13. The molecule has 112 valence electrons. The molecule has 5 heteroatoms. The topological polar surface area (TPSA) is 54.7 Å². The van der Waals surface area contributed by atoms with Crippen molar-refractivity contribution in [3.63, 3.8) is 0 Å². The molecule has 20 heavy (non-hydrogen) atoms. The Hall–Kier alpha value is -1.33. The second-order valence-electron chi connectivity index (χ2n) is 5.36. The average molecular weight is 280 g/mol. The van der Waals surface area contributed by atoms with E-state index in [1.807, 2.05) is 0 Å². The Bertz CT molecular complexity index is 425. The predicted octanol–water partition coefficient (Wildman–Crippen LogP) is 2.03. The third-order valence-electron chi connectivity index (χ3n) is 4.02. The van der Waals surface area contributed by atoms with Crippen LogP contribution in [0.1, 0.15) is 41.8 Å². The quantitative estimate of drug-likeness (QED) is 0.612. The summed E-state index contributed by atoms with van der Waals surface area (Å²) in [6.07, 6.45) is 6.89. The van der Waals surface area contributed by atoms with Gasteiger partial charge < -0.3 is 19.4 Å². The standard InChI is InChI=1S/C15H24N2O3/c1-17(13-5-3-4-6-13)9-8-16-11-12-7-10-20-14(12)15(18)19-2/h7,10,13,16H,3-6,8-9,11H2,1-2H3. The molecule has 0 unspecified atom stereocenters. The minimum atomic E-state index is -0.421. The molecule has 1 saturated carbocycles. The van der Waals surface area contributed by atoms with Crippen LogP contribution in [0.25, 0.3) is 0 Å². The van der Waals surface area contributed by atoms with Crippen LogP contribution < -0.4 is 5.32 Å². The van der Waals surface area contributed by atoms with E-state index in [1.54, 1.807) is 6.07 Å². The summed E-state index contributed by atoms with van der Waals surface area (Å²) in [7, 11) is 3.55. The maximum Gasteiger partial charge on any atom is 0.374 e. The highest BCUT2D eigenvalue weighted by atomic mass is 16.5. The van der Waals surface area contributed by atoms with Gasteiger partial charge in [-0.3, -0.25) is 0 Å². The van der Waals surface area contributed by atoms with Gasteiger partial charge in [-0.05, 0) is 26.0 Å². The van der Waals surface area contributed by atoms with Gasteiger partial charge in [0.2, 0.25) is 5.76 Å². The molecule has 1 N–H and O–H groups in total. The number of ether oxygens (including phenoxy) is 1. The van der Waals surface area contributed by atoms with Crippen molar-refractivity contribution >= 4 is 5.97 Å². The minimum Gasteiger partial charge on any atom is -0.463 e. The minimum absolute atomic E-state index is 0.296. The summed E-state index contributed by atoms with van der Waals surface area (Å²) in [5, 5.41) is 3.35. The molecule has 1 aromatic rings. The Morgan fingerprint density at radius 1 is 1.50 bits per heavy atom. The Kier molecular flexibility index (Phi) is 5.61. The van der Waals surface area contributed by atoms with E-state index in [0.717, 1.165) is 24.7 Å². The Morgan fingerprint density at radius 3 is 2.95 bits per heavy atom. The molecule has 0 radical (unpaired) electrons. The van der Waals surface area contributed by atoms with Crippen molar-refractivity contribution in [2.45, 2.75) is 38.3 Å². The lowest BCUT2D eigenvalue weighted by atomic mass is 10.2. The number of rotatable bonds is 7. The number of likely N-dealkylation sites (N-methyl/N-ethyl adjacent to an activating group) is 1. The van der Waals surface area contributed by atoms with Crippen molar-refractivity contribution in [1.82, 2.24) is 10.2 Å². The first-order valence-corrected chi connectivity index (χ1v) is 7.28. The van der Waals surface area contributed by atoms with Crippen LogP contribution >= 0.6 is 0 Å². The second-order valence-corrected chi connectivity index (χ2v) is 5.36. The smallest absolute Gasteiger partial charge is 0.374 e. The molecule has 0 saturated heterocycles. The van der Waals surface area contributed by atoms with Crippen LogP contribution in [-0.4, -0.2) is 44.2 Å². The Balaban J connectivity index is 1.70. The van der Waals surface area contributed by atoms with Gasteiger partial charge in [0.25, 0.3) is 0 Å². The van der Waals surface area contributed by atoms with Gasteiger partial charge in [0.05, 0.1) is 13.4 Å². The third-order valence-corrected chi connectivity index (χ3v) is 4.02. The van der Waals surface area contributed by atoms with Crippen LogP contribution in [0.4, 0.5) is 0 Å². The molecule has 0 amide bonds. The number of carbonyl (C=O) groups is 1. The van der Waals surface area contributed by atoms with E-state index in [1.165, 1.54) is 39.1 Å². The van der Waals surface area contributed by atoms with Gasteiger partial charge in [0, 0.05) is 31.2 Å². The van der Waals surface area contributed by atoms with Gasteiger partial charge >= 0.3 is 5.97 Å². The fraction of sp³-hybridized carbons (Fsp3) is 0.667. The first kappa shape index (κ1) is 15.1. The van der Waals surface area contributed by atoms with Gasteiger partial charge in [-0.1, -0.05) is 12.8 Å². The van der Waals surface area contributed by atoms with E-state index in [9.17, 15) is 4.79 Å². The van der Waals surface area contributed by atoms with E-state index >= 15 is 0 Å². The lowest BCUT2D eigenvalue weighted by molar-refractivity contribution is 0.0563. The molecule has 1 fully saturated rings. The van der Waals surface area contributed by atoms with Crippen LogP contribution in [0.3, 0.4) is 0 Å². The summed E-state index contributed by atoms with van der Waals surface area (Å²) < 4.78 is 9.83. The molecule has 0 aliphatic heterocycles. The number of nitrogens with one attached hydrogen (secondary N) is 1. The number of carbonyl (C=O) groups excluding carboxylic acids is 1. The lowest BCUT2D eigenvalue weighted by Gasteiger charge is -2.23. The number of methoxy groups -OCH3 is 1. The summed E-state index contributed by atoms with van der Waals surface area (Å²) in [4.78, 5) is 13.9. The maximum atomic E-state index is 11.5. The first-order chi connectivity index (χ1) is 9.72. The van der Waals surface area contributed by atoms with Crippen LogP contribution in [0.5, 0.6) is 0 Å². The van der Waals surface area contributed by atoms with E-state index in [-0.39, 0.29) is 0 Å². The van der Waals surface area contributed by atoms with Gasteiger partial charge in [-0.25, -0.2) is 4.79 Å². The van der Waals surface area contributed by atoms with Crippen LogP contribution in [-0.2, 0) is 11.3 Å². The van der Waals surface area contributed by atoms with Crippen LogP contribution in [0, 0.1) is 0 Å². The summed E-state index contributed by atoms with van der Waals surface area (Å²) in [5.74, 6) is -0.126. The van der Waals surface area contributed by atoms with Crippen molar-refractivity contribution in [3.05, 3.63) is 23.7 Å². The lowest BCUT2D eigenvalue weighted by Crippen LogP contribution is -2.35. The number of nitrogens with zero attached hydrogens (tertiary/aromatic N) is 1. The maximum absolute atomic E-state index is 11.5. The molecule has 2 rings (SSSR count). The van der Waals surface area contributed by atoms with E-state index in [0.29, 0.717) is 12.3 Å². The summed E-state index contributed by atoms with van der Waals surface area (Å²) in [5.41, 5.74) is 0.848. The molecule has 1 aliphatic rings. The van der Waals surface area contributed by atoms with Gasteiger partial charge in [-0.2, -0.15) is 0 Å². The fourth-order valence-corrected chi connectivity index (χ4v) is 2.75. The van der Waals surface area contributed by atoms with Crippen molar-refractivity contribution in [1.29, 1.82) is 0 Å². The zero-order chi connectivity index (χ0) is 14.4. The summed E-state index contributed by atoms with van der Waals surface area (Å²) in [6, 6.07) is 2.55. The van der Waals surface area contributed by atoms with E-state index in [4.69, 9.17) is 4.42 Å². The molecule has 0 atom stereocenters.